The number of nitrogens with one attached hydrogen (secondary N) is 2. The van der Waals surface area contributed by atoms with E-state index in [0.717, 1.165) is 25.6 Å². The van der Waals surface area contributed by atoms with Gasteiger partial charge in [-0.3, -0.25) is 9.89 Å². The van der Waals surface area contributed by atoms with Gasteiger partial charge in [0.25, 0.3) is 0 Å². The molecule has 1 aliphatic rings. The number of hydrogen-bond donors (Lipinski definition) is 2. The summed E-state index contributed by atoms with van der Waals surface area (Å²) < 4.78 is 5.41. The van der Waals surface area contributed by atoms with Crippen molar-refractivity contribution in [3.05, 3.63) is 0 Å². The van der Waals surface area contributed by atoms with Crippen molar-refractivity contribution in [2.45, 2.75) is 52.2 Å². The van der Waals surface area contributed by atoms with Crippen LogP contribution in [0.15, 0.2) is 4.99 Å². The Morgan fingerprint density at radius 1 is 1.33 bits per heavy atom. The van der Waals surface area contributed by atoms with Gasteiger partial charge in [-0.05, 0) is 46.7 Å². The molecule has 0 aromatic carbocycles. The second kappa shape index (κ2) is 10.6. The zero-order chi connectivity index (χ0) is 15.0. The molecule has 0 radical (unpaired) electrons. The minimum Gasteiger partial charge on any atom is -0.377 e. The second-order valence-corrected chi connectivity index (χ2v) is 5.96. The molecule has 0 bridgehead atoms. The third-order valence-corrected chi connectivity index (χ3v) is 3.93. The zero-order valence-corrected chi connectivity index (χ0v) is 16.6. The fourth-order valence-corrected chi connectivity index (χ4v) is 2.43. The maximum atomic E-state index is 5.41. The van der Waals surface area contributed by atoms with Crippen molar-refractivity contribution in [1.29, 1.82) is 0 Å². The molecule has 6 heteroatoms. The molecule has 0 aromatic rings. The predicted octanol–water partition coefficient (Wildman–Crippen LogP) is 2.07. The Morgan fingerprint density at radius 2 is 2.05 bits per heavy atom. The number of guanidine groups is 1. The predicted molar refractivity (Wildman–Crippen MR) is 101 cm³/mol. The molecular weight excluding hydrogens is 379 g/mol. The number of ether oxygens (including phenoxy) is 1. The van der Waals surface area contributed by atoms with E-state index in [1.54, 1.807) is 7.11 Å². The van der Waals surface area contributed by atoms with Crippen molar-refractivity contribution < 1.29 is 4.74 Å². The number of rotatable bonds is 7. The van der Waals surface area contributed by atoms with Gasteiger partial charge < -0.3 is 15.4 Å². The number of likely N-dealkylation sites (tertiary alicyclic amines) is 1. The maximum absolute atomic E-state index is 5.41. The van der Waals surface area contributed by atoms with Crippen LogP contribution in [0.5, 0.6) is 0 Å². The highest BCUT2D eigenvalue weighted by Crippen LogP contribution is 2.15. The van der Waals surface area contributed by atoms with Crippen molar-refractivity contribution in [3.63, 3.8) is 0 Å². The average molecular weight is 412 g/mol. The number of likely N-dealkylation sites (N-methyl/N-ethyl adjacent to an activating group) is 1. The molecule has 1 rings (SSSR count). The molecule has 0 aliphatic carbocycles. The molecule has 1 fully saturated rings. The summed E-state index contributed by atoms with van der Waals surface area (Å²) in [7, 11) is 1.73. The standard InChI is InChI=1S/C15H32N4O.HI/c1-6-16-14(18-12-15(3,4)20-5)17-11-13-9-8-10-19(13)7-2;/h13H,6-12H2,1-5H3,(H2,16,17,18);1H. The topological polar surface area (TPSA) is 48.9 Å². The van der Waals surface area contributed by atoms with Crippen LogP contribution in [0.4, 0.5) is 0 Å². The fourth-order valence-electron chi connectivity index (χ4n) is 2.43. The van der Waals surface area contributed by atoms with Crippen LogP contribution in [0.25, 0.3) is 0 Å². The highest BCUT2D eigenvalue weighted by atomic mass is 127. The van der Waals surface area contributed by atoms with Crippen LogP contribution in [-0.2, 0) is 4.74 Å². The van der Waals surface area contributed by atoms with Crippen LogP contribution in [0.3, 0.4) is 0 Å². The van der Waals surface area contributed by atoms with Gasteiger partial charge in [0.05, 0.1) is 12.1 Å². The van der Waals surface area contributed by atoms with E-state index in [1.807, 2.05) is 0 Å². The first-order chi connectivity index (χ1) is 9.52. The summed E-state index contributed by atoms with van der Waals surface area (Å²) in [6.45, 7) is 13.3. The van der Waals surface area contributed by atoms with Crippen molar-refractivity contribution in [2.75, 3.05) is 39.8 Å². The van der Waals surface area contributed by atoms with Crippen molar-refractivity contribution in [2.24, 2.45) is 4.99 Å². The molecule has 5 nitrogen and oxygen atoms in total. The Labute approximate surface area is 147 Å². The third kappa shape index (κ3) is 7.65. The quantitative estimate of drug-likeness (QED) is 0.382. The van der Waals surface area contributed by atoms with Gasteiger partial charge in [-0.1, -0.05) is 6.92 Å². The van der Waals surface area contributed by atoms with E-state index in [0.29, 0.717) is 12.6 Å². The molecule has 1 unspecified atom stereocenters. The van der Waals surface area contributed by atoms with Gasteiger partial charge in [0.2, 0.25) is 0 Å². The summed E-state index contributed by atoms with van der Waals surface area (Å²) in [6.07, 6.45) is 2.59. The van der Waals surface area contributed by atoms with Crippen LogP contribution in [0.2, 0.25) is 0 Å². The van der Waals surface area contributed by atoms with Crippen LogP contribution >= 0.6 is 24.0 Å². The Morgan fingerprint density at radius 3 is 2.62 bits per heavy atom. The average Bonchev–Trinajstić information content (AvgIpc) is 2.89. The van der Waals surface area contributed by atoms with Gasteiger partial charge >= 0.3 is 0 Å². The van der Waals surface area contributed by atoms with Gasteiger partial charge in [-0.25, -0.2) is 0 Å². The maximum Gasteiger partial charge on any atom is 0.191 e. The highest BCUT2D eigenvalue weighted by molar-refractivity contribution is 14.0. The second-order valence-electron chi connectivity index (χ2n) is 5.96. The lowest BCUT2D eigenvalue weighted by Gasteiger charge is -2.25. The van der Waals surface area contributed by atoms with E-state index in [1.165, 1.54) is 19.4 Å². The highest BCUT2D eigenvalue weighted by Gasteiger charge is 2.23. The first-order valence-electron chi connectivity index (χ1n) is 7.83. The molecule has 0 saturated carbocycles. The molecule has 2 N–H and O–H groups in total. The minimum absolute atomic E-state index is 0. The van der Waals surface area contributed by atoms with Crippen molar-refractivity contribution in [1.82, 2.24) is 15.5 Å². The van der Waals surface area contributed by atoms with Gasteiger partial charge in [0, 0.05) is 26.2 Å². The monoisotopic (exact) mass is 412 g/mol. The smallest absolute Gasteiger partial charge is 0.191 e. The summed E-state index contributed by atoms with van der Waals surface area (Å²) >= 11 is 0. The minimum atomic E-state index is -0.217. The lowest BCUT2D eigenvalue weighted by molar-refractivity contribution is 0.0310. The Hall–Kier alpha value is -0.0800. The van der Waals surface area contributed by atoms with Gasteiger partial charge in [0.15, 0.2) is 5.96 Å². The van der Waals surface area contributed by atoms with E-state index < -0.39 is 0 Å². The van der Waals surface area contributed by atoms with E-state index in [4.69, 9.17) is 4.74 Å². The van der Waals surface area contributed by atoms with Crippen LogP contribution < -0.4 is 10.6 Å². The molecule has 0 spiro atoms. The summed E-state index contributed by atoms with van der Waals surface area (Å²) in [4.78, 5) is 7.16. The van der Waals surface area contributed by atoms with Gasteiger partial charge in [-0.15, -0.1) is 24.0 Å². The van der Waals surface area contributed by atoms with Crippen molar-refractivity contribution in [3.8, 4) is 0 Å². The SMILES string of the molecule is CCNC(=NCC(C)(C)OC)NCC1CCCN1CC.I. The number of methoxy groups -OCH3 is 1. The normalized spacial score (nSPS) is 20.2. The first kappa shape index (κ1) is 20.9. The first-order valence-corrected chi connectivity index (χ1v) is 7.83. The number of halogens is 1. The molecule has 0 aromatic heterocycles. The van der Waals surface area contributed by atoms with E-state index >= 15 is 0 Å². The largest absolute Gasteiger partial charge is 0.377 e. The van der Waals surface area contributed by atoms with Crippen LogP contribution in [-0.4, -0.2) is 62.3 Å². The number of hydrogen-bond acceptors (Lipinski definition) is 3. The lowest BCUT2D eigenvalue weighted by atomic mass is 10.1. The molecule has 1 saturated heterocycles. The van der Waals surface area contributed by atoms with E-state index in [2.05, 4.69) is 48.2 Å². The van der Waals surface area contributed by atoms with Crippen LogP contribution in [0.1, 0.15) is 40.5 Å². The summed E-state index contributed by atoms with van der Waals surface area (Å²) in [5.41, 5.74) is -0.217. The van der Waals surface area contributed by atoms with Crippen molar-refractivity contribution >= 4 is 29.9 Å². The molecule has 126 valence electrons. The number of aliphatic imine (C=N–C) groups is 1. The van der Waals surface area contributed by atoms with Gasteiger partial charge in [-0.2, -0.15) is 0 Å². The molecule has 21 heavy (non-hydrogen) atoms. The summed E-state index contributed by atoms with van der Waals surface area (Å²) in [5, 5.41) is 6.77. The van der Waals surface area contributed by atoms with Gasteiger partial charge in [0.1, 0.15) is 0 Å². The Bertz CT molecular complexity index is 310. The molecule has 1 aliphatic heterocycles. The van der Waals surface area contributed by atoms with Crippen LogP contribution in [0, 0.1) is 0 Å². The summed E-state index contributed by atoms with van der Waals surface area (Å²) in [5.74, 6) is 0.889. The zero-order valence-electron chi connectivity index (χ0n) is 14.2. The molecular formula is C15H33IN4O. The summed E-state index contributed by atoms with van der Waals surface area (Å²) in [6, 6.07) is 0.638. The molecule has 1 heterocycles. The Balaban J connectivity index is 0.00000400. The lowest BCUT2D eigenvalue weighted by Crippen LogP contribution is -2.45. The number of nitrogens with zero attached hydrogens (tertiary/aromatic N) is 2. The Kier molecular flexibility index (Phi) is 10.6. The van der Waals surface area contributed by atoms with E-state index in [-0.39, 0.29) is 29.6 Å². The third-order valence-electron chi connectivity index (χ3n) is 3.93. The molecule has 0 amide bonds. The fraction of sp³-hybridized carbons (Fsp3) is 0.933. The van der Waals surface area contributed by atoms with E-state index in [9.17, 15) is 0 Å². The molecule has 1 atom stereocenters.